The molecule has 0 heterocycles. The third-order valence-electron chi connectivity index (χ3n) is 11.8. The van der Waals surface area contributed by atoms with Crippen LogP contribution >= 0.6 is 0 Å². The number of rotatable bonds is 13. The van der Waals surface area contributed by atoms with Gasteiger partial charge in [-0.15, -0.1) is 0 Å². The molecule has 38 heavy (non-hydrogen) atoms. The van der Waals surface area contributed by atoms with E-state index in [4.69, 9.17) is 20.2 Å². The summed E-state index contributed by atoms with van der Waals surface area (Å²) >= 11 is 0. The minimum atomic E-state index is -4.40. The number of fused-ring (bicyclic) bond motifs is 5. The van der Waals surface area contributed by atoms with Gasteiger partial charge in [0.2, 0.25) is 0 Å². The van der Waals surface area contributed by atoms with Crippen LogP contribution in [0.4, 0.5) is 0 Å². The summed E-state index contributed by atoms with van der Waals surface area (Å²) in [5, 5.41) is 7.41. The second-order valence-corrected chi connectivity index (χ2v) is 14.9. The third kappa shape index (κ3) is 6.60. The molecule has 0 bridgehead atoms. The van der Waals surface area contributed by atoms with Crippen LogP contribution in [-0.2, 0) is 14.6 Å². The molecule has 4 aliphatic carbocycles. The minimum Gasteiger partial charge on any atom is -0.330 e. The summed E-state index contributed by atoms with van der Waals surface area (Å²) in [6.45, 7) is 11.2. The van der Waals surface area contributed by atoms with Crippen LogP contribution in [0.15, 0.2) is 0 Å². The Morgan fingerprint density at radius 2 is 1.68 bits per heavy atom. The fourth-order valence-corrected chi connectivity index (χ4v) is 10.2. The maximum Gasteiger partial charge on any atom is 0.397 e. The summed E-state index contributed by atoms with van der Waals surface area (Å²) in [5.41, 5.74) is 13.2. The van der Waals surface area contributed by atoms with Crippen LogP contribution in [0.5, 0.6) is 0 Å². The zero-order valence-electron chi connectivity index (χ0n) is 24.2. The molecule has 8 nitrogen and oxygen atoms in total. The van der Waals surface area contributed by atoms with E-state index in [0.717, 1.165) is 51.9 Å². The Morgan fingerprint density at radius 3 is 2.42 bits per heavy atom. The molecule has 0 aromatic rings. The largest absolute Gasteiger partial charge is 0.397 e. The zero-order chi connectivity index (χ0) is 27.6. The highest BCUT2D eigenvalue weighted by Crippen LogP contribution is 2.68. The fraction of sp³-hybridized carbons (Fsp3) is 1.00. The van der Waals surface area contributed by atoms with E-state index in [-0.39, 0.29) is 24.0 Å². The average molecular weight is 557 g/mol. The third-order valence-corrected chi connectivity index (χ3v) is 12.2. The van der Waals surface area contributed by atoms with E-state index in [0.29, 0.717) is 41.0 Å². The van der Waals surface area contributed by atoms with E-state index in [1.54, 1.807) is 0 Å². The molecule has 4 saturated carbocycles. The molecule has 0 aromatic heterocycles. The first-order chi connectivity index (χ1) is 18.0. The van der Waals surface area contributed by atoms with Crippen molar-refractivity contribution in [3.63, 3.8) is 0 Å². The van der Waals surface area contributed by atoms with E-state index >= 15 is 0 Å². The first kappa shape index (κ1) is 30.7. The van der Waals surface area contributed by atoms with E-state index < -0.39 is 10.4 Å². The monoisotopic (exact) mass is 556 g/mol. The molecule has 4 aliphatic rings. The molecule has 4 fully saturated rings. The molecule has 9 heteroatoms. The molecule has 10 atom stereocenters. The Hall–Kier alpha value is -0.290. The molecule has 0 amide bonds. The lowest BCUT2D eigenvalue weighted by Crippen LogP contribution is -2.61. The molecule has 0 unspecified atom stereocenters. The summed E-state index contributed by atoms with van der Waals surface area (Å²) < 4.78 is 36.2. The number of hydrogen-bond acceptors (Lipinski definition) is 7. The van der Waals surface area contributed by atoms with Gasteiger partial charge < -0.3 is 22.1 Å². The highest BCUT2D eigenvalue weighted by Gasteiger charge is 2.62. The number of nitrogens with two attached hydrogens (primary N) is 2. The quantitative estimate of drug-likeness (QED) is 0.171. The molecule has 0 aromatic carbocycles. The van der Waals surface area contributed by atoms with Gasteiger partial charge in [0.05, 0.1) is 6.61 Å². The molecule has 7 N–H and O–H groups in total. The Labute approximate surface area is 232 Å². The molecule has 222 valence electrons. The highest BCUT2D eigenvalue weighted by atomic mass is 32.3. The molecule has 0 spiro atoms. The van der Waals surface area contributed by atoms with Gasteiger partial charge in [0.25, 0.3) is 0 Å². The summed E-state index contributed by atoms with van der Waals surface area (Å²) in [6.07, 6.45) is 13.1. The lowest BCUT2D eigenvalue weighted by atomic mass is 9.43. The predicted molar refractivity (Wildman–Crippen MR) is 153 cm³/mol. The zero-order valence-corrected chi connectivity index (χ0v) is 25.0. The van der Waals surface area contributed by atoms with Gasteiger partial charge in [-0.25, -0.2) is 4.18 Å². The van der Waals surface area contributed by atoms with Crippen LogP contribution in [-0.4, -0.2) is 57.8 Å². The summed E-state index contributed by atoms with van der Waals surface area (Å²) in [5.74, 6) is 3.04. The van der Waals surface area contributed by atoms with Crippen LogP contribution in [0, 0.1) is 46.3 Å². The van der Waals surface area contributed by atoms with Crippen molar-refractivity contribution < 1.29 is 17.2 Å². The van der Waals surface area contributed by atoms with Crippen LogP contribution in [0.25, 0.3) is 0 Å². The molecular weight excluding hydrogens is 500 g/mol. The summed E-state index contributed by atoms with van der Waals surface area (Å²) in [4.78, 5) is 0. The Bertz CT molecular complexity index is 875. The SMILES string of the molecule is C[C@H](COS(=O)(=O)O)[C@H]1CC[C@H]2[C@@H]3[C@H](N)C[C@H]4C[C@H](NCCCNCCCCN)CC[C@]4(C)[C@H]3CC[C@]12C. The van der Waals surface area contributed by atoms with Gasteiger partial charge in [0, 0.05) is 12.1 Å². The Morgan fingerprint density at radius 1 is 0.974 bits per heavy atom. The lowest BCUT2D eigenvalue weighted by molar-refractivity contribution is -0.126. The van der Waals surface area contributed by atoms with Crippen LogP contribution < -0.4 is 22.1 Å². The van der Waals surface area contributed by atoms with Crippen LogP contribution in [0.1, 0.15) is 91.4 Å². The van der Waals surface area contributed by atoms with Crippen molar-refractivity contribution in [2.45, 2.75) is 103 Å². The van der Waals surface area contributed by atoms with Crippen molar-refractivity contribution in [3.8, 4) is 0 Å². The van der Waals surface area contributed by atoms with E-state index in [1.807, 2.05) is 0 Å². The van der Waals surface area contributed by atoms with Gasteiger partial charge in [0.15, 0.2) is 0 Å². The van der Waals surface area contributed by atoms with Crippen molar-refractivity contribution >= 4 is 10.4 Å². The molecule has 0 radical (unpaired) electrons. The second-order valence-electron chi connectivity index (χ2n) is 13.8. The van der Waals surface area contributed by atoms with Gasteiger partial charge >= 0.3 is 10.4 Å². The number of unbranched alkanes of at least 4 members (excludes halogenated alkanes) is 1. The van der Waals surface area contributed by atoms with Crippen molar-refractivity contribution in [2.75, 3.05) is 32.8 Å². The van der Waals surface area contributed by atoms with Gasteiger partial charge in [-0.1, -0.05) is 20.8 Å². The average Bonchev–Trinajstić information content (AvgIpc) is 3.21. The van der Waals surface area contributed by atoms with Crippen molar-refractivity contribution in [2.24, 2.45) is 57.8 Å². The fourth-order valence-electron chi connectivity index (χ4n) is 9.83. The van der Waals surface area contributed by atoms with Gasteiger partial charge in [-0.05, 0) is 143 Å². The molecule has 0 aliphatic heterocycles. The smallest absolute Gasteiger partial charge is 0.330 e. The van der Waals surface area contributed by atoms with Gasteiger partial charge in [0.1, 0.15) is 0 Å². The van der Waals surface area contributed by atoms with Crippen molar-refractivity contribution in [1.29, 1.82) is 0 Å². The first-order valence-electron chi connectivity index (χ1n) is 15.5. The highest BCUT2D eigenvalue weighted by molar-refractivity contribution is 7.80. The molecule has 4 rings (SSSR count). The number of hydrogen-bond donors (Lipinski definition) is 5. The standard InChI is InChI=1S/C29H56N4O4S/c1-20(19-37-38(34,35)36)23-7-8-24-27-25(10-12-29(23,24)3)28(2)11-9-22(17-21(28)18-26(27)31)33-16-6-15-32-14-5-4-13-30/h20-27,32-33H,4-19,30-31H2,1-3H3,(H,34,35,36)/t20-,21-,22-,23-,24+,25+,26-,27+,28+,29-/m1/s1. The summed E-state index contributed by atoms with van der Waals surface area (Å²) in [6, 6.07) is 0.865. The maximum absolute atomic E-state index is 11.2. The minimum absolute atomic E-state index is 0.0600. The van der Waals surface area contributed by atoms with Gasteiger partial charge in [-0.3, -0.25) is 4.55 Å². The topological polar surface area (TPSA) is 140 Å². The van der Waals surface area contributed by atoms with Crippen LogP contribution in [0.3, 0.4) is 0 Å². The van der Waals surface area contributed by atoms with E-state index in [9.17, 15) is 8.42 Å². The van der Waals surface area contributed by atoms with Gasteiger partial charge in [-0.2, -0.15) is 8.42 Å². The normalized spacial score (nSPS) is 41.8. The number of nitrogens with one attached hydrogen (secondary N) is 2. The van der Waals surface area contributed by atoms with Crippen LogP contribution in [0.2, 0.25) is 0 Å². The van der Waals surface area contributed by atoms with E-state index in [1.165, 1.54) is 44.9 Å². The van der Waals surface area contributed by atoms with Crippen molar-refractivity contribution in [1.82, 2.24) is 10.6 Å². The first-order valence-corrected chi connectivity index (χ1v) is 16.9. The molecule has 0 saturated heterocycles. The Kier molecular flexibility index (Phi) is 10.2. The Balaban J connectivity index is 1.32. The predicted octanol–water partition coefficient (Wildman–Crippen LogP) is 3.71. The second kappa shape index (κ2) is 12.7. The summed E-state index contributed by atoms with van der Waals surface area (Å²) in [7, 11) is -4.40. The lowest BCUT2D eigenvalue weighted by Gasteiger charge is -2.63. The van der Waals surface area contributed by atoms with E-state index in [2.05, 4.69) is 31.4 Å². The maximum atomic E-state index is 11.2. The van der Waals surface area contributed by atoms with Crippen molar-refractivity contribution in [3.05, 3.63) is 0 Å². The molecular formula is C29H56N4O4S.